The van der Waals surface area contributed by atoms with Crippen molar-refractivity contribution in [2.75, 3.05) is 0 Å². The molecule has 0 spiro atoms. The normalized spacial score (nSPS) is 23.7. The van der Waals surface area contributed by atoms with E-state index in [0.717, 1.165) is 12.0 Å². The number of Topliss-reactive ketones (excluding diaryl/α,β-unsaturated/α-hetero) is 1. The Morgan fingerprint density at radius 2 is 2.29 bits per heavy atom. The maximum absolute atomic E-state index is 13.0. The Kier molecular flexibility index (Phi) is 3.30. The molecule has 1 fully saturated rings. The van der Waals surface area contributed by atoms with E-state index in [-0.39, 0.29) is 11.6 Å². The Morgan fingerprint density at radius 3 is 2.82 bits per heavy atom. The van der Waals surface area contributed by atoms with Gasteiger partial charge in [0, 0.05) is 10.9 Å². The molecule has 0 aromatic heterocycles. The Balaban J connectivity index is 2.31. The van der Waals surface area contributed by atoms with Crippen molar-refractivity contribution >= 4 is 21.7 Å². The highest BCUT2D eigenvalue weighted by Gasteiger charge is 2.42. The van der Waals surface area contributed by atoms with E-state index in [4.69, 9.17) is 0 Å². The van der Waals surface area contributed by atoms with Crippen LogP contribution in [-0.2, 0) is 11.2 Å². The topological polar surface area (TPSA) is 40.9 Å². The molecule has 1 aromatic rings. The highest BCUT2D eigenvalue weighted by Crippen LogP contribution is 2.38. The van der Waals surface area contributed by atoms with Gasteiger partial charge in [0.15, 0.2) is 5.78 Å². The van der Waals surface area contributed by atoms with Crippen LogP contribution in [0.5, 0.6) is 0 Å². The highest BCUT2D eigenvalue weighted by molar-refractivity contribution is 9.10. The molecule has 0 N–H and O–H groups in total. The van der Waals surface area contributed by atoms with Gasteiger partial charge in [-0.1, -0.05) is 22.0 Å². The van der Waals surface area contributed by atoms with Crippen LogP contribution in [0.4, 0.5) is 4.39 Å². The Labute approximate surface area is 108 Å². The molecular weight excluding hydrogens is 285 g/mol. The second-order valence-corrected chi connectivity index (χ2v) is 5.24. The lowest BCUT2D eigenvalue weighted by molar-refractivity contribution is -0.123. The fraction of sp³-hybridized carbons (Fsp3) is 0.385. The standard InChI is InChI=1S/C13H11BrFNO/c14-11-6-10(15)4-3-9(11)7-13(8-16)5-1-2-12(13)17/h3-4,6H,1-2,5,7H2. The average Bonchev–Trinajstić information content (AvgIpc) is 2.65. The van der Waals surface area contributed by atoms with Crippen LogP contribution in [0.15, 0.2) is 22.7 Å². The van der Waals surface area contributed by atoms with E-state index in [0.29, 0.717) is 23.7 Å². The third kappa shape index (κ3) is 2.25. The molecule has 1 unspecified atom stereocenters. The molecule has 17 heavy (non-hydrogen) atoms. The molecule has 2 nitrogen and oxygen atoms in total. The summed E-state index contributed by atoms with van der Waals surface area (Å²) >= 11 is 3.27. The van der Waals surface area contributed by atoms with Gasteiger partial charge in [-0.05, 0) is 37.0 Å². The number of rotatable bonds is 2. The number of nitriles is 1. The Morgan fingerprint density at radius 1 is 1.53 bits per heavy atom. The second kappa shape index (κ2) is 4.58. The van der Waals surface area contributed by atoms with E-state index in [1.165, 1.54) is 12.1 Å². The average molecular weight is 296 g/mol. The largest absolute Gasteiger partial charge is 0.298 e. The van der Waals surface area contributed by atoms with Crippen LogP contribution in [0.1, 0.15) is 24.8 Å². The van der Waals surface area contributed by atoms with Crippen LogP contribution in [0, 0.1) is 22.6 Å². The van der Waals surface area contributed by atoms with Gasteiger partial charge in [-0.3, -0.25) is 4.79 Å². The third-order valence-electron chi connectivity index (χ3n) is 3.26. The van der Waals surface area contributed by atoms with E-state index in [1.807, 2.05) is 0 Å². The lowest BCUT2D eigenvalue weighted by atomic mass is 9.81. The zero-order valence-electron chi connectivity index (χ0n) is 9.17. The summed E-state index contributed by atoms with van der Waals surface area (Å²) in [5, 5.41) is 9.23. The van der Waals surface area contributed by atoms with E-state index in [1.54, 1.807) is 6.07 Å². The maximum Gasteiger partial charge on any atom is 0.153 e. The molecule has 2 rings (SSSR count). The summed E-state index contributed by atoms with van der Waals surface area (Å²) in [5.41, 5.74) is -0.0939. The van der Waals surface area contributed by atoms with Crippen molar-refractivity contribution in [1.82, 2.24) is 0 Å². The van der Waals surface area contributed by atoms with Crippen molar-refractivity contribution in [3.05, 3.63) is 34.1 Å². The molecule has 1 saturated carbocycles. The maximum atomic E-state index is 13.0. The summed E-state index contributed by atoms with van der Waals surface area (Å²) < 4.78 is 13.6. The number of halogens is 2. The molecule has 0 radical (unpaired) electrons. The van der Waals surface area contributed by atoms with Gasteiger partial charge in [0.25, 0.3) is 0 Å². The fourth-order valence-electron chi connectivity index (χ4n) is 2.26. The number of nitrogens with zero attached hydrogens (tertiary/aromatic N) is 1. The van der Waals surface area contributed by atoms with Gasteiger partial charge in [-0.2, -0.15) is 5.26 Å². The molecule has 1 aliphatic rings. The first kappa shape index (κ1) is 12.3. The smallest absolute Gasteiger partial charge is 0.153 e. The van der Waals surface area contributed by atoms with Crippen LogP contribution in [0.2, 0.25) is 0 Å². The first-order chi connectivity index (χ1) is 8.07. The van der Waals surface area contributed by atoms with E-state index < -0.39 is 5.41 Å². The van der Waals surface area contributed by atoms with Gasteiger partial charge >= 0.3 is 0 Å². The summed E-state index contributed by atoms with van der Waals surface area (Å²) in [4.78, 5) is 11.8. The van der Waals surface area contributed by atoms with Gasteiger partial charge in [0.1, 0.15) is 11.2 Å². The molecule has 0 aliphatic heterocycles. The van der Waals surface area contributed by atoms with Gasteiger partial charge in [0.05, 0.1) is 6.07 Å². The van der Waals surface area contributed by atoms with Crippen LogP contribution >= 0.6 is 15.9 Å². The first-order valence-electron chi connectivity index (χ1n) is 5.46. The van der Waals surface area contributed by atoms with Crippen molar-refractivity contribution in [3.63, 3.8) is 0 Å². The van der Waals surface area contributed by atoms with Crippen molar-refractivity contribution in [2.24, 2.45) is 5.41 Å². The predicted molar refractivity (Wildman–Crippen MR) is 64.7 cm³/mol. The molecule has 0 amide bonds. The second-order valence-electron chi connectivity index (χ2n) is 4.38. The SMILES string of the molecule is N#CC1(Cc2ccc(F)cc2Br)CCCC1=O. The quantitative estimate of drug-likeness (QED) is 0.839. The zero-order chi connectivity index (χ0) is 12.5. The predicted octanol–water partition coefficient (Wildman–Crippen LogP) is 3.39. The van der Waals surface area contributed by atoms with Gasteiger partial charge in [0.2, 0.25) is 0 Å². The minimum absolute atomic E-state index is 0.0104. The minimum atomic E-state index is -0.902. The number of carbonyl (C=O) groups excluding carboxylic acids is 1. The van der Waals surface area contributed by atoms with Crippen LogP contribution in [0.25, 0.3) is 0 Å². The fourth-order valence-corrected chi connectivity index (χ4v) is 2.76. The van der Waals surface area contributed by atoms with Crippen molar-refractivity contribution in [3.8, 4) is 6.07 Å². The molecule has 1 atom stereocenters. The molecule has 0 bridgehead atoms. The number of ketones is 1. The molecule has 1 aromatic carbocycles. The highest BCUT2D eigenvalue weighted by atomic mass is 79.9. The van der Waals surface area contributed by atoms with Crippen molar-refractivity contribution in [1.29, 1.82) is 5.26 Å². The summed E-state index contributed by atoms with van der Waals surface area (Å²) in [6.07, 6.45) is 2.22. The van der Waals surface area contributed by atoms with E-state index in [2.05, 4.69) is 22.0 Å². The monoisotopic (exact) mass is 295 g/mol. The molecule has 0 saturated heterocycles. The van der Waals surface area contributed by atoms with Crippen molar-refractivity contribution in [2.45, 2.75) is 25.7 Å². The lowest BCUT2D eigenvalue weighted by Gasteiger charge is -2.19. The van der Waals surface area contributed by atoms with E-state index >= 15 is 0 Å². The van der Waals surface area contributed by atoms with Crippen molar-refractivity contribution < 1.29 is 9.18 Å². The first-order valence-corrected chi connectivity index (χ1v) is 6.25. The molecule has 4 heteroatoms. The van der Waals surface area contributed by atoms with Crippen LogP contribution in [-0.4, -0.2) is 5.78 Å². The van der Waals surface area contributed by atoms with Crippen LogP contribution < -0.4 is 0 Å². The third-order valence-corrected chi connectivity index (χ3v) is 4.00. The van der Waals surface area contributed by atoms with E-state index in [9.17, 15) is 14.4 Å². The minimum Gasteiger partial charge on any atom is -0.298 e. The molecule has 88 valence electrons. The Hall–Kier alpha value is -1.21. The van der Waals surface area contributed by atoms with Gasteiger partial charge in [-0.15, -0.1) is 0 Å². The summed E-state index contributed by atoms with van der Waals surface area (Å²) in [7, 11) is 0. The Bertz CT molecular complexity index is 509. The number of hydrogen-bond donors (Lipinski definition) is 0. The number of hydrogen-bond acceptors (Lipinski definition) is 2. The van der Waals surface area contributed by atoms with Gasteiger partial charge in [-0.25, -0.2) is 4.39 Å². The molecular formula is C13H11BrFNO. The summed E-state index contributed by atoms with van der Waals surface area (Å²) in [5.74, 6) is -0.319. The number of benzene rings is 1. The summed E-state index contributed by atoms with van der Waals surface area (Å²) in [6.45, 7) is 0. The van der Waals surface area contributed by atoms with Gasteiger partial charge < -0.3 is 0 Å². The molecule has 1 aliphatic carbocycles. The number of carbonyl (C=O) groups is 1. The van der Waals surface area contributed by atoms with Crippen LogP contribution in [0.3, 0.4) is 0 Å². The lowest BCUT2D eigenvalue weighted by Crippen LogP contribution is -2.26. The molecule has 0 heterocycles. The summed E-state index contributed by atoms with van der Waals surface area (Å²) in [6, 6.07) is 6.50. The zero-order valence-corrected chi connectivity index (χ0v) is 10.8.